The third kappa shape index (κ3) is 4.16. The van der Waals surface area contributed by atoms with E-state index in [9.17, 15) is 14.7 Å². The lowest BCUT2D eigenvalue weighted by Crippen LogP contribution is -2.47. The molecule has 0 saturated heterocycles. The molecule has 1 amide bonds. The van der Waals surface area contributed by atoms with E-state index in [1.165, 1.54) is 16.7 Å². The quantitative estimate of drug-likeness (QED) is 0.410. The van der Waals surface area contributed by atoms with Gasteiger partial charge >= 0.3 is 5.97 Å². The zero-order chi connectivity index (χ0) is 26.7. The number of amides is 1. The van der Waals surface area contributed by atoms with E-state index in [1.54, 1.807) is 0 Å². The number of nitrogens with zero attached hydrogens (tertiary/aromatic N) is 3. The van der Waals surface area contributed by atoms with E-state index in [-0.39, 0.29) is 17.9 Å². The van der Waals surface area contributed by atoms with E-state index in [2.05, 4.69) is 25.7 Å². The number of likely N-dealkylation sites (N-methyl/N-ethyl adjacent to an activating group) is 1. The monoisotopic (exact) mass is 557 g/mol. The number of carbonyl (C=O) groups excluding carboxylic acids is 1. The molecule has 2 aromatic rings. The summed E-state index contributed by atoms with van der Waals surface area (Å²) in [5.74, 6) is -1.18. The van der Waals surface area contributed by atoms with Crippen molar-refractivity contribution in [3.63, 3.8) is 0 Å². The Balaban J connectivity index is 1.64. The molecule has 2 atom stereocenters. The molecule has 2 aromatic carbocycles. The zero-order valence-electron chi connectivity index (χ0n) is 21.2. The van der Waals surface area contributed by atoms with Gasteiger partial charge in [-0.3, -0.25) is 4.79 Å². The van der Waals surface area contributed by atoms with Crippen molar-refractivity contribution in [1.82, 2.24) is 9.80 Å². The van der Waals surface area contributed by atoms with Gasteiger partial charge in [-0.05, 0) is 79.8 Å². The maximum atomic E-state index is 13.9. The van der Waals surface area contributed by atoms with E-state index < -0.39 is 17.0 Å². The van der Waals surface area contributed by atoms with Crippen LogP contribution in [0.4, 0.5) is 0 Å². The fourth-order valence-electron chi connectivity index (χ4n) is 5.55. The van der Waals surface area contributed by atoms with Crippen LogP contribution in [0, 0.1) is 5.92 Å². The highest BCUT2D eigenvalue weighted by Gasteiger charge is 2.59. The number of thioether (sulfide) groups is 1. The summed E-state index contributed by atoms with van der Waals surface area (Å²) in [6, 6.07) is 15.2. The maximum absolute atomic E-state index is 13.9. The number of rotatable bonds is 7. The zero-order valence-corrected chi connectivity index (χ0v) is 23.5. The minimum absolute atomic E-state index is 0.000190. The van der Waals surface area contributed by atoms with E-state index in [0.29, 0.717) is 34.3 Å². The third-order valence-electron chi connectivity index (χ3n) is 7.57. The molecule has 1 N–H and O–H groups in total. The van der Waals surface area contributed by atoms with Crippen LogP contribution >= 0.6 is 35.0 Å². The van der Waals surface area contributed by atoms with Crippen LogP contribution in [-0.2, 0) is 15.1 Å². The third-order valence-corrected chi connectivity index (χ3v) is 9.13. The van der Waals surface area contributed by atoms with Gasteiger partial charge in [0.2, 0.25) is 0 Å². The Hall–Kier alpha value is -2.48. The smallest absolute Gasteiger partial charge is 0.329 e. The van der Waals surface area contributed by atoms with Crippen LogP contribution in [0.25, 0.3) is 0 Å². The second-order valence-electron chi connectivity index (χ2n) is 10.2. The molecular formula is C28H29Cl2N3O3S. The molecule has 0 aromatic heterocycles. The average Bonchev–Trinajstić information content (AvgIpc) is 3.49. The number of fused-ring (bicyclic) bond motifs is 1. The Morgan fingerprint density at radius 3 is 2.16 bits per heavy atom. The Morgan fingerprint density at radius 1 is 1.11 bits per heavy atom. The van der Waals surface area contributed by atoms with Crippen molar-refractivity contribution in [3.8, 4) is 0 Å². The second-order valence-corrected chi connectivity index (χ2v) is 12.1. The molecule has 1 fully saturated rings. The van der Waals surface area contributed by atoms with Crippen molar-refractivity contribution >= 4 is 52.0 Å². The Bertz CT molecular complexity index is 1320. The maximum Gasteiger partial charge on any atom is 0.329 e. The predicted octanol–water partition coefficient (Wildman–Crippen LogP) is 6.70. The Labute approximate surface area is 231 Å². The number of hydrogen-bond donors (Lipinski definition) is 1. The van der Waals surface area contributed by atoms with E-state index >= 15 is 0 Å². The van der Waals surface area contributed by atoms with Crippen LogP contribution in [-0.4, -0.2) is 44.0 Å². The summed E-state index contributed by atoms with van der Waals surface area (Å²) in [6.45, 7) is 8.38. The highest BCUT2D eigenvalue weighted by atomic mass is 35.5. The van der Waals surface area contributed by atoms with Gasteiger partial charge in [-0.15, -0.1) is 0 Å². The van der Waals surface area contributed by atoms with Gasteiger partial charge < -0.3 is 14.9 Å². The van der Waals surface area contributed by atoms with Crippen LogP contribution in [0.5, 0.6) is 0 Å². The molecule has 5 rings (SSSR count). The van der Waals surface area contributed by atoms with Crippen LogP contribution in [0.3, 0.4) is 0 Å². The van der Waals surface area contributed by atoms with Gasteiger partial charge in [0.25, 0.3) is 5.91 Å². The number of allylic oxidation sites excluding steroid dienone is 1. The molecule has 1 aliphatic carbocycles. The van der Waals surface area contributed by atoms with E-state index in [1.807, 2.05) is 55.5 Å². The molecule has 6 nitrogen and oxygen atoms in total. The minimum atomic E-state index is -1.11. The van der Waals surface area contributed by atoms with Crippen LogP contribution in [0.15, 0.2) is 64.1 Å². The molecule has 194 valence electrons. The van der Waals surface area contributed by atoms with Crippen molar-refractivity contribution in [1.29, 1.82) is 0 Å². The summed E-state index contributed by atoms with van der Waals surface area (Å²) >= 11 is 13.8. The summed E-state index contributed by atoms with van der Waals surface area (Å²) in [6.07, 6.45) is 0.952. The number of benzene rings is 2. The van der Waals surface area contributed by atoms with Crippen LogP contribution in [0.2, 0.25) is 10.0 Å². The summed E-state index contributed by atoms with van der Waals surface area (Å²) in [5, 5.41) is 11.9. The number of carbonyl (C=O) groups is 2. The van der Waals surface area contributed by atoms with Crippen molar-refractivity contribution in [2.75, 3.05) is 6.54 Å². The van der Waals surface area contributed by atoms with Crippen molar-refractivity contribution in [3.05, 3.63) is 80.3 Å². The van der Waals surface area contributed by atoms with Crippen molar-refractivity contribution < 1.29 is 14.7 Å². The first-order chi connectivity index (χ1) is 17.5. The molecule has 2 heterocycles. The second kappa shape index (κ2) is 9.37. The van der Waals surface area contributed by atoms with Crippen LogP contribution < -0.4 is 0 Å². The Kier molecular flexibility index (Phi) is 6.62. The molecule has 9 heteroatoms. The highest BCUT2D eigenvalue weighted by molar-refractivity contribution is 8.18. The highest BCUT2D eigenvalue weighted by Crippen LogP contribution is 2.57. The SMILES string of the molecule is CCN(C(=O)C1=C(C(C)C)N2C(=N[C@@](C)(c3ccc(Cl)cc3)[C@H]2c2ccc(Cl)cc2)S1)C1(C(=O)O)CC1. The lowest BCUT2D eigenvalue weighted by atomic mass is 9.81. The number of carboxylic acid groups (broad SMARTS) is 1. The van der Waals surface area contributed by atoms with Gasteiger partial charge in [-0.25, -0.2) is 9.79 Å². The number of carboxylic acids is 1. The fourth-order valence-corrected chi connectivity index (χ4v) is 7.15. The molecule has 3 aliphatic rings. The van der Waals surface area contributed by atoms with Crippen molar-refractivity contribution in [2.45, 2.75) is 57.7 Å². The van der Waals surface area contributed by atoms with Crippen LogP contribution in [0.1, 0.15) is 57.7 Å². The fraction of sp³-hybridized carbons (Fsp3) is 0.393. The molecule has 37 heavy (non-hydrogen) atoms. The molecule has 0 unspecified atom stereocenters. The summed E-state index contributed by atoms with van der Waals surface area (Å²) in [7, 11) is 0. The molecule has 2 aliphatic heterocycles. The number of aliphatic carboxylic acids is 1. The standard InChI is InChI=1S/C28H29Cl2N3O3S/c1-5-32(28(14-15-28)25(35)36)24(34)22-21(16(2)3)33-23(17-6-10-19(29)11-7-17)27(4,31-26(33)37-22)18-8-12-20(30)13-9-18/h6-13,16,23H,5,14-15H2,1-4H3,(H,35,36)/t23-,27+/m1/s1. The average molecular weight is 559 g/mol. The molecule has 0 bridgehead atoms. The first-order valence-corrected chi connectivity index (χ1v) is 14.0. The van der Waals surface area contributed by atoms with Gasteiger partial charge in [-0.1, -0.05) is 61.3 Å². The lowest BCUT2D eigenvalue weighted by molar-refractivity contribution is -0.150. The molecular weight excluding hydrogens is 529 g/mol. The number of halogens is 2. The van der Waals surface area contributed by atoms with Gasteiger partial charge in [0.05, 0.1) is 6.04 Å². The minimum Gasteiger partial charge on any atom is -0.479 e. The molecule has 1 saturated carbocycles. The lowest BCUT2D eigenvalue weighted by Gasteiger charge is -2.37. The number of amidine groups is 1. The summed E-state index contributed by atoms with van der Waals surface area (Å²) in [5.41, 5.74) is 1.13. The number of hydrogen-bond acceptors (Lipinski definition) is 5. The molecule has 0 radical (unpaired) electrons. The topological polar surface area (TPSA) is 73.2 Å². The van der Waals surface area contributed by atoms with Gasteiger partial charge in [0, 0.05) is 22.3 Å². The molecule has 0 spiro atoms. The van der Waals surface area contributed by atoms with Gasteiger partial charge in [0.15, 0.2) is 5.17 Å². The summed E-state index contributed by atoms with van der Waals surface area (Å²) < 4.78 is 0. The van der Waals surface area contributed by atoms with E-state index in [4.69, 9.17) is 28.2 Å². The number of aliphatic imine (C=N–C) groups is 1. The van der Waals surface area contributed by atoms with Gasteiger partial charge in [0.1, 0.15) is 16.0 Å². The first kappa shape index (κ1) is 26.1. The van der Waals surface area contributed by atoms with E-state index in [0.717, 1.165) is 22.0 Å². The summed E-state index contributed by atoms with van der Waals surface area (Å²) in [4.78, 5) is 35.5. The van der Waals surface area contributed by atoms with Crippen molar-refractivity contribution in [2.24, 2.45) is 10.9 Å². The largest absolute Gasteiger partial charge is 0.479 e. The first-order valence-electron chi connectivity index (χ1n) is 12.4. The Morgan fingerprint density at radius 2 is 1.68 bits per heavy atom. The predicted molar refractivity (Wildman–Crippen MR) is 149 cm³/mol. The normalized spacial score (nSPS) is 23.8. The van der Waals surface area contributed by atoms with Gasteiger partial charge in [-0.2, -0.15) is 0 Å².